The molecule has 3 aromatic rings. The molecule has 30 heavy (non-hydrogen) atoms. The number of nitrogens with zero attached hydrogens (tertiary/aromatic N) is 3. The second kappa shape index (κ2) is 9.06. The molecule has 1 fully saturated rings. The molecule has 1 aromatic heterocycles. The highest BCUT2D eigenvalue weighted by molar-refractivity contribution is 9.11. The van der Waals surface area contributed by atoms with Crippen LogP contribution in [0.5, 0.6) is 5.75 Å². The Balaban J connectivity index is 1.38. The summed E-state index contributed by atoms with van der Waals surface area (Å²) in [6.07, 6.45) is 3.16. The molecule has 2 heterocycles. The number of carbonyl (C=O) groups excluding carboxylic acids is 1. The molecule has 8 heteroatoms. The van der Waals surface area contributed by atoms with Crippen LogP contribution in [0.2, 0.25) is 0 Å². The lowest BCUT2D eigenvalue weighted by molar-refractivity contribution is 0.0714. The molecule has 4 rings (SSSR count). The molecule has 1 saturated heterocycles. The number of piperazine rings is 1. The van der Waals surface area contributed by atoms with E-state index >= 15 is 0 Å². The normalized spacial score (nSPS) is 14.5. The van der Waals surface area contributed by atoms with Gasteiger partial charge in [-0.15, -0.1) is 0 Å². The summed E-state index contributed by atoms with van der Waals surface area (Å²) in [4.78, 5) is 20.9. The maximum Gasteiger partial charge on any atom is 0.289 e. The van der Waals surface area contributed by atoms with Crippen molar-refractivity contribution in [1.82, 2.24) is 4.90 Å². The first-order valence-corrected chi connectivity index (χ1v) is 11.0. The lowest BCUT2D eigenvalue weighted by Crippen LogP contribution is -2.48. The quantitative estimate of drug-likeness (QED) is 0.467. The van der Waals surface area contributed by atoms with Crippen LogP contribution in [-0.2, 0) is 0 Å². The highest BCUT2D eigenvalue weighted by atomic mass is 79.9. The summed E-state index contributed by atoms with van der Waals surface area (Å²) < 4.78 is 6.67. The van der Waals surface area contributed by atoms with E-state index in [4.69, 9.17) is 4.42 Å². The van der Waals surface area contributed by atoms with E-state index in [2.05, 4.69) is 41.8 Å². The number of rotatable bonds is 4. The fourth-order valence-electron chi connectivity index (χ4n) is 3.30. The number of hydrogen-bond donors (Lipinski definition) is 1. The fraction of sp³-hybridized carbons (Fsp3) is 0.182. The molecule has 0 aliphatic carbocycles. The predicted octanol–water partition coefficient (Wildman–Crippen LogP) is 5.22. The van der Waals surface area contributed by atoms with Gasteiger partial charge in [-0.25, -0.2) is 0 Å². The second-order valence-electron chi connectivity index (χ2n) is 6.86. The van der Waals surface area contributed by atoms with Crippen LogP contribution in [0.3, 0.4) is 0 Å². The van der Waals surface area contributed by atoms with Gasteiger partial charge in [0.2, 0.25) is 0 Å². The van der Waals surface area contributed by atoms with Crippen LogP contribution in [-0.4, -0.2) is 48.3 Å². The molecule has 0 atom stereocenters. The van der Waals surface area contributed by atoms with Crippen molar-refractivity contribution in [3.8, 4) is 5.75 Å². The SMILES string of the molecule is O=C(c1ccco1)N1CCN(c2ccc(N=Cc3cc(Br)cc(Br)c3O)cc2)CC1. The third-order valence-corrected chi connectivity index (χ3v) is 5.99. The van der Waals surface area contributed by atoms with Gasteiger partial charge in [-0.2, -0.15) is 0 Å². The Morgan fingerprint density at radius 3 is 2.47 bits per heavy atom. The van der Waals surface area contributed by atoms with Crippen LogP contribution in [0.25, 0.3) is 0 Å². The largest absolute Gasteiger partial charge is 0.506 e. The molecule has 1 aliphatic rings. The van der Waals surface area contributed by atoms with Crippen molar-refractivity contribution in [2.24, 2.45) is 4.99 Å². The molecular weight excluding hydrogens is 514 g/mol. The summed E-state index contributed by atoms with van der Waals surface area (Å²) >= 11 is 6.74. The van der Waals surface area contributed by atoms with Crippen molar-refractivity contribution in [3.63, 3.8) is 0 Å². The Morgan fingerprint density at radius 2 is 1.80 bits per heavy atom. The molecule has 2 aromatic carbocycles. The zero-order valence-corrected chi connectivity index (χ0v) is 19.1. The number of aromatic hydroxyl groups is 1. The molecule has 0 unspecified atom stereocenters. The average Bonchev–Trinajstić information content (AvgIpc) is 3.30. The van der Waals surface area contributed by atoms with Gasteiger partial charge in [0.15, 0.2) is 5.76 Å². The van der Waals surface area contributed by atoms with E-state index in [1.807, 2.05) is 35.2 Å². The molecule has 1 amide bonds. The van der Waals surface area contributed by atoms with Gasteiger partial charge >= 0.3 is 0 Å². The summed E-state index contributed by atoms with van der Waals surface area (Å²) in [5.41, 5.74) is 2.51. The summed E-state index contributed by atoms with van der Waals surface area (Å²) in [5, 5.41) is 10.1. The third kappa shape index (κ3) is 4.60. The van der Waals surface area contributed by atoms with Crippen molar-refractivity contribution in [3.05, 3.63) is 75.1 Å². The molecule has 0 spiro atoms. The minimum absolute atomic E-state index is 0.0632. The van der Waals surface area contributed by atoms with Gasteiger partial charge in [-0.05, 0) is 64.5 Å². The summed E-state index contributed by atoms with van der Waals surface area (Å²) in [6, 6.07) is 14.9. The van der Waals surface area contributed by atoms with Gasteiger partial charge < -0.3 is 19.3 Å². The first kappa shape index (κ1) is 20.7. The van der Waals surface area contributed by atoms with Crippen LogP contribution < -0.4 is 4.90 Å². The van der Waals surface area contributed by atoms with Gasteiger partial charge in [0.1, 0.15) is 5.75 Å². The molecule has 154 valence electrons. The Hall–Kier alpha value is -2.58. The first-order valence-electron chi connectivity index (χ1n) is 9.41. The minimum atomic E-state index is -0.0632. The van der Waals surface area contributed by atoms with Crippen LogP contribution in [0, 0.1) is 0 Å². The molecule has 0 bridgehead atoms. The van der Waals surface area contributed by atoms with E-state index in [0.29, 0.717) is 28.9 Å². The Bertz CT molecular complexity index is 1060. The third-order valence-electron chi connectivity index (χ3n) is 4.92. The lowest BCUT2D eigenvalue weighted by Gasteiger charge is -2.35. The highest BCUT2D eigenvalue weighted by Gasteiger charge is 2.23. The number of aliphatic imine (C=N–C) groups is 1. The van der Waals surface area contributed by atoms with Crippen molar-refractivity contribution < 1.29 is 14.3 Å². The van der Waals surface area contributed by atoms with Crippen LogP contribution in [0.15, 0.2) is 73.1 Å². The maximum absolute atomic E-state index is 12.4. The van der Waals surface area contributed by atoms with E-state index in [0.717, 1.165) is 28.9 Å². The van der Waals surface area contributed by atoms with E-state index in [9.17, 15) is 9.90 Å². The standard InChI is InChI=1S/C22H19Br2N3O3/c23-16-12-15(21(28)19(24)13-16)14-25-17-3-5-18(6-4-17)26-7-9-27(10-8-26)22(29)20-2-1-11-30-20/h1-6,11-14,28H,7-10H2. The number of furan rings is 1. The highest BCUT2D eigenvalue weighted by Crippen LogP contribution is 2.31. The van der Waals surface area contributed by atoms with Gasteiger partial charge in [-0.1, -0.05) is 15.9 Å². The zero-order valence-electron chi connectivity index (χ0n) is 16.0. The number of carbonyl (C=O) groups is 1. The van der Waals surface area contributed by atoms with Crippen molar-refractivity contribution >= 4 is 55.4 Å². The van der Waals surface area contributed by atoms with E-state index in [1.165, 1.54) is 6.26 Å². The topological polar surface area (TPSA) is 69.3 Å². The van der Waals surface area contributed by atoms with Crippen LogP contribution >= 0.6 is 31.9 Å². The second-order valence-corrected chi connectivity index (χ2v) is 8.63. The van der Waals surface area contributed by atoms with Gasteiger partial charge in [0.25, 0.3) is 5.91 Å². The Kier molecular flexibility index (Phi) is 6.24. The molecule has 1 aliphatic heterocycles. The van der Waals surface area contributed by atoms with E-state index in [1.54, 1.807) is 24.4 Å². The van der Waals surface area contributed by atoms with E-state index in [-0.39, 0.29) is 11.7 Å². The average molecular weight is 533 g/mol. The summed E-state index contributed by atoms with van der Waals surface area (Å²) in [7, 11) is 0. The Morgan fingerprint density at radius 1 is 1.07 bits per heavy atom. The number of phenols is 1. The van der Waals surface area contributed by atoms with Crippen LogP contribution in [0.1, 0.15) is 16.1 Å². The summed E-state index contributed by atoms with van der Waals surface area (Å²) in [5.74, 6) is 0.474. The molecular formula is C22H19Br2N3O3. The molecule has 0 radical (unpaired) electrons. The minimum Gasteiger partial charge on any atom is -0.506 e. The van der Waals surface area contributed by atoms with Gasteiger partial charge in [0, 0.05) is 48.1 Å². The zero-order chi connectivity index (χ0) is 21.1. The number of halogens is 2. The molecule has 0 saturated carbocycles. The monoisotopic (exact) mass is 531 g/mol. The molecule has 6 nitrogen and oxygen atoms in total. The van der Waals surface area contributed by atoms with Crippen molar-refractivity contribution in [2.45, 2.75) is 0 Å². The van der Waals surface area contributed by atoms with Gasteiger partial charge in [-0.3, -0.25) is 9.79 Å². The Labute approximate surface area is 191 Å². The first-order chi connectivity index (χ1) is 14.5. The number of benzene rings is 2. The lowest BCUT2D eigenvalue weighted by atomic mass is 10.2. The molecule has 1 N–H and O–H groups in total. The van der Waals surface area contributed by atoms with Crippen LogP contribution in [0.4, 0.5) is 11.4 Å². The van der Waals surface area contributed by atoms with Gasteiger partial charge in [0.05, 0.1) is 16.4 Å². The van der Waals surface area contributed by atoms with E-state index < -0.39 is 0 Å². The number of anilines is 1. The fourth-order valence-corrected chi connectivity index (χ4v) is 4.56. The number of amides is 1. The van der Waals surface area contributed by atoms with Crippen molar-refractivity contribution in [1.29, 1.82) is 0 Å². The number of hydrogen-bond acceptors (Lipinski definition) is 5. The number of phenolic OH excluding ortho intramolecular Hbond substituents is 1. The van der Waals surface area contributed by atoms with Crippen molar-refractivity contribution in [2.75, 3.05) is 31.1 Å². The maximum atomic E-state index is 12.4. The predicted molar refractivity (Wildman–Crippen MR) is 124 cm³/mol. The smallest absolute Gasteiger partial charge is 0.289 e. The summed E-state index contributed by atoms with van der Waals surface area (Å²) in [6.45, 7) is 2.82.